The summed E-state index contributed by atoms with van der Waals surface area (Å²) < 4.78 is 1.85. The van der Waals surface area contributed by atoms with Gasteiger partial charge in [-0.2, -0.15) is 0 Å². The summed E-state index contributed by atoms with van der Waals surface area (Å²) >= 11 is 1.25. The predicted molar refractivity (Wildman–Crippen MR) is 100 cm³/mol. The number of thioether (sulfide) groups is 1. The third kappa shape index (κ3) is 4.63. The molecule has 1 fully saturated rings. The zero-order valence-electron chi connectivity index (χ0n) is 15.0. The number of hydrogen-bond acceptors (Lipinski definition) is 5. The number of carbonyl (C=O) groups is 2. The van der Waals surface area contributed by atoms with Crippen LogP contribution in [-0.4, -0.2) is 38.5 Å². The predicted octanol–water partition coefficient (Wildman–Crippen LogP) is 2.74. The number of benzene rings is 1. The van der Waals surface area contributed by atoms with Gasteiger partial charge in [-0.1, -0.05) is 42.3 Å². The molecule has 0 saturated heterocycles. The molecule has 1 saturated carbocycles. The minimum Gasteiger partial charge on any atom is -0.335 e. The van der Waals surface area contributed by atoms with E-state index < -0.39 is 6.03 Å². The average molecular weight is 373 g/mol. The van der Waals surface area contributed by atoms with Crippen LogP contribution in [0.25, 0.3) is 5.69 Å². The maximum Gasteiger partial charge on any atom is 0.321 e. The van der Waals surface area contributed by atoms with E-state index in [1.54, 1.807) is 6.33 Å². The van der Waals surface area contributed by atoms with Gasteiger partial charge in [0.05, 0.1) is 11.4 Å². The lowest BCUT2D eigenvalue weighted by molar-refractivity contribution is -0.117. The van der Waals surface area contributed by atoms with Crippen molar-refractivity contribution in [2.24, 2.45) is 0 Å². The van der Waals surface area contributed by atoms with Crippen molar-refractivity contribution < 1.29 is 9.59 Å². The normalized spacial score (nSPS) is 14.4. The highest BCUT2D eigenvalue weighted by atomic mass is 32.2. The van der Waals surface area contributed by atoms with Gasteiger partial charge in [0.1, 0.15) is 6.33 Å². The molecule has 1 aliphatic rings. The van der Waals surface area contributed by atoms with Crippen molar-refractivity contribution >= 4 is 23.7 Å². The van der Waals surface area contributed by atoms with Crippen molar-refractivity contribution in [1.82, 2.24) is 25.4 Å². The molecular weight excluding hydrogens is 350 g/mol. The van der Waals surface area contributed by atoms with Crippen LogP contribution in [0.5, 0.6) is 0 Å². The Balaban J connectivity index is 1.56. The van der Waals surface area contributed by atoms with Gasteiger partial charge < -0.3 is 5.32 Å². The van der Waals surface area contributed by atoms with Crippen LogP contribution in [0.2, 0.25) is 0 Å². The first-order valence-corrected chi connectivity index (χ1v) is 9.72. The highest BCUT2D eigenvalue weighted by molar-refractivity contribution is 7.99. The summed E-state index contributed by atoms with van der Waals surface area (Å²) in [5.41, 5.74) is 3.26. The number of amides is 3. The summed E-state index contributed by atoms with van der Waals surface area (Å²) in [4.78, 5) is 23.9. The molecule has 2 aromatic rings. The summed E-state index contributed by atoms with van der Waals surface area (Å²) in [6.07, 6.45) is 5.85. The average Bonchev–Trinajstić information content (AvgIpc) is 3.24. The molecule has 0 unspecified atom stereocenters. The Bertz CT molecular complexity index is 799. The quantitative estimate of drug-likeness (QED) is 0.787. The third-order valence-electron chi connectivity index (χ3n) is 4.40. The van der Waals surface area contributed by atoms with Gasteiger partial charge in [0.25, 0.3) is 0 Å². The zero-order valence-corrected chi connectivity index (χ0v) is 15.8. The molecule has 1 aliphatic carbocycles. The highest BCUT2D eigenvalue weighted by Gasteiger charge is 2.18. The summed E-state index contributed by atoms with van der Waals surface area (Å²) in [5, 5.41) is 13.9. The molecule has 138 valence electrons. The van der Waals surface area contributed by atoms with Crippen LogP contribution in [-0.2, 0) is 4.79 Å². The molecule has 1 aromatic heterocycles. The van der Waals surface area contributed by atoms with Gasteiger partial charge in [0.2, 0.25) is 5.91 Å². The van der Waals surface area contributed by atoms with Gasteiger partial charge >= 0.3 is 6.03 Å². The molecule has 3 amide bonds. The van der Waals surface area contributed by atoms with Crippen LogP contribution >= 0.6 is 11.8 Å². The fourth-order valence-electron chi connectivity index (χ4n) is 3.15. The van der Waals surface area contributed by atoms with Gasteiger partial charge in [-0.05, 0) is 38.3 Å². The Morgan fingerprint density at radius 1 is 1.27 bits per heavy atom. The van der Waals surface area contributed by atoms with E-state index in [0.29, 0.717) is 5.16 Å². The standard InChI is InChI=1S/C18H23N5O2S/c1-12-7-8-15(13(2)9-12)23-11-19-22-18(23)26-10-16(24)21-17(25)20-14-5-3-4-6-14/h7-9,11,14H,3-6,10H2,1-2H3,(H2,20,21,24,25). The minimum absolute atomic E-state index is 0.0989. The Morgan fingerprint density at radius 2 is 2.04 bits per heavy atom. The number of nitrogens with one attached hydrogen (secondary N) is 2. The largest absolute Gasteiger partial charge is 0.335 e. The molecule has 8 heteroatoms. The number of hydrogen-bond donors (Lipinski definition) is 2. The van der Waals surface area contributed by atoms with Gasteiger partial charge in [-0.15, -0.1) is 10.2 Å². The Labute approximate surface area is 157 Å². The lowest BCUT2D eigenvalue weighted by Crippen LogP contribution is -2.44. The van der Waals surface area contributed by atoms with E-state index in [1.807, 2.05) is 30.5 Å². The molecule has 1 heterocycles. The van der Waals surface area contributed by atoms with Gasteiger partial charge in [0.15, 0.2) is 5.16 Å². The summed E-state index contributed by atoms with van der Waals surface area (Å²) in [7, 11) is 0. The number of nitrogens with zero attached hydrogens (tertiary/aromatic N) is 3. The molecule has 0 spiro atoms. The SMILES string of the molecule is Cc1ccc(-n2cnnc2SCC(=O)NC(=O)NC2CCCC2)c(C)c1. The molecular formula is C18H23N5O2S. The third-order valence-corrected chi connectivity index (χ3v) is 5.35. The van der Waals surface area contributed by atoms with Crippen molar-refractivity contribution in [2.75, 3.05) is 5.75 Å². The smallest absolute Gasteiger partial charge is 0.321 e. The van der Waals surface area contributed by atoms with Crippen molar-refractivity contribution in [3.8, 4) is 5.69 Å². The van der Waals surface area contributed by atoms with Crippen molar-refractivity contribution in [1.29, 1.82) is 0 Å². The second kappa shape index (κ2) is 8.35. The second-order valence-electron chi connectivity index (χ2n) is 6.57. The molecule has 0 atom stereocenters. The first-order valence-electron chi connectivity index (χ1n) is 8.74. The van der Waals surface area contributed by atoms with E-state index in [-0.39, 0.29) is 17.7 Å². The Hall–Kier alpha value is -2.35. The van der Waals surface area contributed by atoms with E-state index in [9.17, 15) is 9.59 Å². The van der Waals surface area contributed by atoms with Crippen molar-refractivity contribution in [3.05, 3.63) is 35.7 Å². The van der Waals surface area contributed by atoms with E-state index in [1.165, 1.54) is 17.3 Å². The van der Waals surface area contributed by atoms with Crippen LogP contribution in [0.1, 0.15) is 36.8 Å². The Kier molecular flexibility index (Phi) is 5.92. The van der Waals surface area contributed by atoms with Crippen molar-refractivity contribution in [2.45, 2.75) is 50.7 Å². The van der Waals surface area contributed by atoms with E-state index in [0.717, 1.165) is 36.9 Å². The van der Waals surface area contributed by atoms with E-state index >= 15 is 0 Å². The molecule has 1 aromatic carbocycles. The zero-order chi connectivity index (χ0) is 18.5. The fraction of sp³-hybridized carbons (Fsp3) is 0.444. The molecule has 2 N–H and O–H groups in total. The minimum atomic E-state index is -0.418. The van der Waals surface area contributed by atoms with Crippen LogP contribution in [0.3, 0.4) is 0 Å². The monoisotopic (exact) mass is 373 g/mol. The van der Waals surface area contributed by atoms with Crippen LogP contribution < -0.4 is 10.6 Å². The maximum atomic E-state index is 12.0. The summed E-state index contributed by atoms with van der Waals surface area (Å²) in [5.74, 6) is -0.248. The van der Waals surface area contributed by atoms with Crippen LogP contribution in [0, 0.1) is 13.8 Å². The molecule has 0 radical (unpaired) electrons. The molecule has 26 heavy (non-hydrogen) atoms. The molecule has 0 aliphatic heterocycles. The van der Waals surface area contributed by atoms with Crippen LogP contribution in [0.15, 0.2) is 29.7 Å². The van der Waals surface area contributed by atoms with E-state index in [4.69, 9.17) is 0 Å². The second-order valence-corrected chi connectivity index (χ2v) is 7.51. The molecule has 0 bridgehead atoms. The number of imide groups is 1. The number of aryl methyl sites for hydroxylation is 2. The Morgan fingerprint density at radius 3 is 2.77 bits per heavy atom. The first kappa shape index (κ1) is 18.4. The summed E-state index contributed by atoms with van der Waals surface area (Å²) in [6, 6.07) is 5.88. The van der Waals surface area contributed by atoms with Gasteiger partial charge in [0, 0.05) is 6.04 Å². The topological polar surface area (TPSA) is 88.9 Å². The maximum absolute atomic E-state index is 12.0. The van der Waals surface area contributed by atoms with Crippen LogP contribution in [0.4, 0.5) is 4.79 Å². The van der Waals surface area contributed by atoms with Crippen molar-refractivity contribution in [3.63, 3.8) is 0 Å². The number of aromatic nitrogens is 3. The molecule has 7 nitrogen and oxygen atoms in total. The fourth-order valence-corrected chi connectivity index (χ4v) is 3.87. The van der Waals surface area contributed by atoms with Gasteiger partial charge in [-0.25, -0.2) is 4.79 Å². The molecule has 3 rings (SSSR count). The number of urea groups is 1. The summed E-state index contributed by atoms with van der Waals surface area (Å²) in [6.45, 7) is 4.07. The number of carbonyl (C=O) groups excluding carboxylic acids is 2. The highest BCUT2D eigenvalue weighted by Crippen LogP contribution is 2.22. The number of rotatable bonds is 5. The first-order chi connectivity index (χ1) is 12.5. The lowest BCUT2D eigenvalue weighted by Gasteiger charge is -2.12. The van der Waals surface area contributed by atoms with Gasteiger partial charge in [-0.3, -0.25) is 14.7 Å². The van der Waals surface area contributed by atoms with E-state index in [2.05, 4.69) is 26.9 Å². The lowest BCUT2D eigenvalue weighted by atomic mass is 10.1.